The first kappa shape index (κ1) is 14.7. The molecule has 0 aliphatic rings. The molecule has 0 saturated carbocycles. The number of H-pyrrole nitrogens is 1. The first-order valence-electron chi connectivity index (χ1n) is 6.58. The van der Waals surface area contributed by atoms with Crippen molar-refractivity contribution in [3.8, 4) is 0 Å². The lowest BCUT2D eigenvalue weighted by molar-refractivity contribution is -0.384. The summed E-state index contributed by atoms with van der Waals surface area (Å²) in [5, 5.41) is 13.6. The number of amides is 1. The van der Waals surface area contributed by atoms with Crippen molar-refractivity contribution < 1.29 is 9.72 Å². The van der Waals surface area contributed by atoms with E-state index in [0.717, 1.165) is 0 Å². The third-order valence-corrected chi connectivity index (χ3v) is 3.24. The molecule has 0 bridgehead atoms. The summed E-state index contributed by atoms with van der Waals surface area (Å²) in [5.41, 5.74) is 0.887. The van der Waals surface area contributed by atoms with E-state index in [-0.39, 0.29) is 17.6 Å². The molecule has 1 aromatic carbocycles. The van der Waals surface area contributed by atoms with Gasteiger partial charge in [0.15, 0.2) is 0 Å². The summed E-state index contributed by atoms with van der Waals surface area (Å²) in [7, 11) is 0. The van der Waals surface area contributed by atoms with Gasteiger partial charge in [-0.25, -0.2) is 4.98 Å². The molecule has 7 heteroatoms. The van der Waals surface area contributed by atoms with Crippen molar-refractivity contribution in [2.45, 2.75) is 26.3 Å². The van der Waals surface area contributed by atoms with E-state index in [4.69, 9.17) is 0 Å². The molecule has 0 fully saturated rings. The van der Waals surface area contributed by atoms with Crippen LogP contribution in [0.15, 0.2) is 30.6 Å². The first-order chi connectivity index (χ1) is 10.0. The van der Waals surface area contributed by atoms with E-state index in [1.165, 1.54) is 12.1 Å². The largest absolute Gasteiger partial charge is 0.347 e. The molecule has 0 spiro atoms. The van der Waals surface area contributed by atoms with Gasteiger partial charge in [0.2, 0.25) is 0 Å². The number of hydrogen-bond acceptors (Lipinski definition) is 4. The maximum Gasteiger partial charge on any atom is 0.270 e. The SMILES string of the molecule is CCC(NC(=O)c1cc([N+](=O)[O-])ccc1C)c1ncc[nH]1. The van der Waals surface area contributed by atoms with Gasteiger partial charge >= 0.3 is 0 Å². The Hall–Kier alpha value is -2.70. The van der Waals surface area contributed by atoms with Crippen LogP contribution in [0.3, 0.4) is 0 Å². The Kier molecular flexibility index (Phi) is 4.32. The molecule has 2 rings (SSSR count). The Morgan fingerprint density at radius 3 is 2.86 bits per heavy atom. The highest BCUT2D eigenvalue weighted by Gasteiger charge is 2.19. The van der Waals surface area contributed by atoms with Crippen molar-refractivity contribution >= 4 is 11.6 Å². The average Bonchev–Trinajstić information content (AvgIpc) is 2.98. The van der Waals surface area contributed by atoms with Crippen LogP contribution in [0.2, 0.25) is 0 Å². The molecule has 0 radical (unpaired) electrons. The highest BCUT2D eigenvalue weighted by atomic mass is 16.6. The second kappa shape index (κ2) is 6.17. The van der Waals surface area contributed by atoms with Crippen LogP contribution in [0.25, 0.3) is 0 Å². The molecular formula is C14H16N4O3. The van der Waals surface area contributed by atoms with Crippen LogP contribution in [0.4, 0.5) is 5.69 Å². The monoisotopic (exact) mass is 288 g/mol. The molecular weight excluding hydrogens is 272 g/mol. The standard InChI is InChI=1S/C14H16N4O3/c1-3-12(13-15-6-7-16-13)17-14(19)11-8-10(18(20)21)5-4-9(11)2/h4-8,12H,3H2,1-2H3,(H,15,16)(H,17,19). The number of carbonyl (C=O) groups is 1. The quantitative estimate of drug-likeness (QED) is 0.652. The first-order valence-corrected chi connectivity index (χ1v) is 6.58. The lowest BCUT2D eigenvalue weighted by Gasteiger charge is -2.15. The van der Waals surface area contributed by atoms with Gasteiger partial charge in [-0.1, -0.05) is 13.0 Å². The molecule has 1 aromatic heterocycles. The average molecular weight is 288 g/mol. The van der Waals surface area contributed by atoms with Crippen LogP contribution in [0, 0.1) is 17.0 Å². The van der Waals surface area contributed by atoms with Gasteiger partial charge in [-0.2, -0.15) is 0 Å². The minimum Gasteiger partial charge on any atom is -0.347 e. The van der Waals surface area contributed by atoms with Gasteiger partial charge in [-0.15, -0.1) is 0 Å². The van der Waals surface area contributed by atoms with Crippen LogP contribution in [0.5, 0.6) is 0 Å². The van der Waals surface area contributed by atoms with Crippen molar-refractivity contribution in [2.75, 3.05) is 0 Å². The van der Waals surface area contributed by atoms with Crippen LogP contribution < -0.4 is 5.32 Å². The molecule has 21 heavy (non-hydrogen) atoms. The third kappa shape index (κ3) is 3.25. The van der Waals surface area contributed by atoms with E-state index in [1.807, 2.05) is 6.92 Å². The Morgan fingerprint density at radius 1 is 1.52 bits per heavy atom. The van der Waals surface area contributed by atoms with Gasteiger partial charge in [0.25, 0.3) is 11.6 Å². The Balaban J connectivity index is 2.23. The topological polar surface area (TPSA) is 101 Å². The van der Waals surface area contributed by atoms with Crippen molar-refractivity contribution in [1.29, 1.82) is 0 Å². The molecule has 1 unspecified atom stereocenters. The second-order valence-corrected chi connectivity index (χ2v) is 4.67. The highest BCUT2D eigenvalue weighted by Crippen LogP contribution is 2.19. The normalized spacial score (nSPS) is 11.9. The van der Waals surface area contributed by atoms with E-state index in [0.29, 0.717) is 23.4 Å². The third-order valence-electron chi connectivity index (χ3n) is 3.24. The summed E-state index contributed by atoms with van der Waals surface area (Å²) in [6.07, 6.45) is 3.96. The van der Waals surface area contributed by atoms with Gasteiger partial charge in [-0.05, 0) is 18.9 Å². The number of nitro benzene ring substituents is 1. The van der Waals surface area contributed by atoms with Gasteiger partial charge in [0.05, 0.1) is 11.0 Å². The number of nitro groups is 1. The summed E-state index contributed by atoms with van der Waals surface area (Å²) in [4.78, 5) is 29.7. The lowest BCUT2D eigenvalue weighted by atomic mass is 10.1. The van der Waals surface area contributed by atoms with Crippen molar-refractivity contribution in [3.05, 3.63) is 57.7 Å². The second-order valence-electron chi connectivity index (χ2n) is 4.67. The maximum absolute atomic E-state index is 12.3. The zero-order valence-corrected chi connectivity index (χ0v) is 11.8. The number of carbonyl (C=O) groups excluding carboxylic acids is 1. The smallest absolute Gasteiger partial charge is 0.270 e. The predicted octanol–water partition coefficient (Wildman–Crippen LogP) is 2.51. The van der Waals surface area contributed by atoms with Crippen LogP contribution in [-0.2, 0) is 0 Å². The fourth-order valence-corrected chi connectivity index (χ4v) is 2.04. The van der Waals surface area contributed by atoms with Gasteiger partial charge in [0, 0.05) is 30.1 Å². The zero-order valence-electron chi connectivity index (χ0n) is 11.8. The van der Waals surface area contributed by atoms with E-state index in [2.05, 4.69) is 15.3 Å². The van der Waals surface area contributed by atoms with Crippen molar-refractivity contribution in [2.24, 2.45) is 0 Å². The van der Waals surface area contributed by atoms with Crippen LogP contribution >= 0.6 is 0 Å². The Bertz CT molecular complexity index is 652. The molecule has 7 nitrogen and oxygen atoms in total. The number of aromatic amines is 1. The van der Waals surface area contributed by atoms with Crippen molar-refractivity contribution in [3.63, 3.8) is 0 Å². The number of hydrogen-bond donors (Lipinski definition) is 2. The molecule has 0 aliphatic heterocycles. The maximum atomic E-state index is 12.3. The Morgan fingerprint density at radius 2 is 2.29 bits per heavy atom. The summed E-state index contributed by atoms with van der Waals surface area (Å²) in [6.45, 7) is 3.67. The summed E-state index contributed by atoms with van der Waals surface area (Å²) < 4.78 is 0. The number of aromatic nitrogens is 2. The van der Waals surface area contributed by atoms with Crippen molar-refractivity contribution in [1.82, 2.24) is 15.3 Å². The van der Waals surface area contributed by atoms with E-state index in [9.17, 15) is 14.9 Å². The summed E-state index contributed by atoms with van der Waals surface area (Å²) in [5.74, 6) is 0.313. The fraction of sp³-hybridized carbons (Fsp3) is 0.286. The number of nitrogens with one attached hydrogen (secondary N) is 2. The predicted molar refractivity (Wildman–Crippen MR) is 76.9 cm³/mol. The van der Waals surface area contributed by atoms with E-state index in [1.54, 1.807) is 25.4 Å². The molecule has 1 atom stereocenters. The highest BCUT2D eigenvalue weighted by molar-refractivity contribution is 5.96. The van der Waals surface area contributed by atoms with E-state index < -0.39 is 4.92 Å². The number of aryl methyl sites for hydroxylation is 1. The molecule has 110 valence electrons. The molecule has 1 heterocycles. The minimum absolute atomic E-state index is 0.100. The molecule has 1 amide bonds. The molecule has 0 aliphatic carbocycles. The molecule has 2 N–H and O–H groups in total. The zero-order chi connectivity index (χ0) is 15.4. The minimum atomic E-state index is -0.514. The van der Waals surface area contributed by atoms with Crippen LogP contribution in [-0.4, -0.2) is 20.8 Å². The summed E-state index contributed by atoms with van der Waals surface area (Å²) >= 11 is 0. The lowest BCUT2D eigenvalue weighted by Crippen LogP contribution is -2.29. The summed E-state index contributed by atoms with van der Waals surface area (Å²) in [6, 6.07) is 3.99. The van der Waals surface area contributed by atoms with Gasteiger partial charge in [-0.3, -0.25) is 14.9 Å². The van der Waals surface area contributed by atoms with Crippen LogP contribution in [0.1, 0.15) is 41.1 Å². The van der Waals surface area contributed by atoms with Gasteiger partial charge < -0.3 is 10.3 Å². The van der Waals surface area contributed by atoms with Gasteiger partial charge in [0.1, 0.15) is 5.82 Å². The Labute approximate surface area is 121 Å². The number of imidazole rings is 1. The molecule has 0 saturated heterocycles. The van der Waals surface area contributed by atoms with E-state index >= 15 is 0 Å². The number of non-ortho nitro benzene ring substituents is 1. The number of nitrogens with zero attached hydrogens (tertiary/aromatic N) is 2. The fourth-order valence-electron chi connectivity index (χ4n) is 2.04. The number of rotatable bonds is 5. The number of benzene rings is 1. The molecule has 2 aromatic rings.